The molecule has 0 aromatic carbocycles. The van der Waals surface area contributed by atoms with Crippen molar-refractivity contribution in [1.82, 2.24) is 14.8 Å². The Morgan fingerprint density at radius 2 is 2.05 bits per heavy atom. The molecule has 0 amide bonds. The minimum Gasteiger partial charge on any atom is -0.386 e. The van der Waals surface area contributed by atoms with Crippen molar-refractivity contribution in [3.8, 4) is 0 Å². The van der Waals surface area contributed by atoms with Crippen LogP contribution in [-0.4, -0.2) is 21.8 Å². The third kappa shape index (κ3) is 3.60. The summed E-state index contributed by atoms with van der Waals surface area (Å²) in [7, 11) is 1.72. The molecule has 0 aliphatic carbocycles. The molecule has 0 aliphatic heterocycles. The Morgan fingerprint density at radius 1 is 1.32 bits per heavy atom. The smallest absolute Gasteiger partial charge is 0.386 e. The van der Waals surface area contributed by atoms with Crippen LogP contribution in [0.5, 0.6) is 0 Å². The van der Waals surface area contributed by atoms with Gasteiger partial charge in [0.25, 0.3) is 0 Å². The summed E-state index contributed by atoms with van der Waals surface area (Å²) in [5, 5.41) is 6.83. The van der Waals surface area contributed by atoms with Crippen LogP contribution in [0.25, 0.3) is 0 Å². The van der Waals surface area contributed by atoms with Crippen molar-refractivity contribution in [2.75, 3.05) is 12.4 Å². The third-order valence-electron chi connectivity index (χ3n) is 2.47. The van der Waals surface area contributed by atoms with Gasteiger partial charge in [-0.25, -0.2) is 0 Å². The molecular weight excluding hydrogens is 281 g/mol. The van der Waals surface area contributed by atoms with Gasteiger partial charge >= 0.3 is 6.18 Å². The van der Waals surface area contributed by atoms with Crippen molar-refractivity contribution in [2.24, 2.45) is 0 Å². The molecule has 0 radical (unpaired) electrons. The number of hydrogen-bond acceptors (Lipinski definition) is 3. The number of halogens is 4. The van der Waals surface area contributed by atoms with Crippen LogP contribution in [0.1, 0.15) is 11.1 Å². The number of pyridine rings is 1. The SMILES string of the molecule is CNc1cnn(Cc2ccncc2C(F)(F)F)c1.Cl. The quantitative estimate of drug-likeness (QED) is 0.946. The molecule has 0 unspecified atom stereocenters. The summed E-state index contributed by atoms with van der Waals surface area (Å²) in [6, 6.07) is 1.35. The fraction of sp³-hybridized carbons (Fsp3) is 0.273. The van der Waals surface area contributed by atoms with Gasteiger partial charge in [-0.1, -0.05) is 0 Å². The van der Waals surface area contributed by atoms with Gasteiger partial charge in [-0.3, -0.25) is 9.67 Å². The van der Waals surface area contributed by atoms with Gasteiger partial charge in [0.2, 0.25) is 0 Å². The molecule has 0 aliphatic rings. The molecular formula is C11H12ClF3N4. The maximum Gasteiger partial charge on any atom is 0.418 e. The highest BCUT2D eigenvalue weighted by atomic mass is 35.5. The minimum absolute atomic E-state index is 0. The zero-order valence-corrected chi connectivity index (χ0v) is 10.8. The van der Waals surface area contributed by atoms with Gasteiger partial charge in [-0.05, 0) is 11.6 Å². The average molecular weight is 293 g/mol. The van der Waals surface area contributed by atoms with E-state index < -0.39 is 11.7 Å². The fourth-order valence-electron chi connectivity index (χ4n) is 1.57. The minimum atomic E-state index is -4.40. The van der Waals surface area contributed by atoms with E-state index in [4.69, 9.17) is 0 Å². The number of aromatic nitrogens is 3. The van der Waals surface area contributed by atoms with E-state index in [0.29, 0.717) is 0 Å². The van der Waals surface area contributed by atoms with E-state index in [9.17, 15) is 13.2 Å². The standard InChI is InChI=1S/C11H11F3N4.ClH/c1-15-9-4-17-18(7-9)6-8-2-3-16-5-10(8)11(12,13)14;/h2-5,7,15H,6H2,1H3;1H. The number of nitrogens with zero attached hydrogens (tertiary/aromatic N) is 3. The molecule has 0 fully saturated rings. The summed E-state index contributed by atoms with van der Waals surface area (Å²) >= 11 is 0. The Kier molecular flexibility index (Phi) is 4.77. The van der Waals surface area contributed by atoms with E-state index in [1.807, 2.05) is 0 Å². The van der Waals surface area contributed by atoms with Crippen molar-refractivity contribution < 1.29 is 13.2 Å². The topological polar surface area (TPSA) is 42.7 Å². The highest BCUT2D eigenvalue weighted by Gasteiger charge is 2.33. The molecule has 2 aromatic heterocycles. The second-order valence-electron chi connectivity index (χ2n) is 3.71. The second kappa shape index (κ2) is 5.92. The number of nitrogens with one attached hydrogen (secondary N) is 1. The predicted molar refractivity (Wildman–Crippen MR) is 67.4 cm³/mol. The summed E-state index contributed by atoms with van der Waals surface area (Å²) in [4.78, 5) is 3.51. The predicted octanol–water partition coefficient (Wildman–Crippen LogP) is 2.81. The van der Waals surface area contributed by atoms with E-state index in [0.717, 1.165) is 11.9 Å². The summed E-state index contributed by atoms with van der Waals surface area (Å²) in [5.74, 6) is 0. The Balaban J connectivity index is 0.00000180. The van der Waals surface area contributed by atoms with Crippen LogP contribution < -0.4 is 5.32 Å². The van der Waals surface area contributed by atoms with Gasteiger partial charge < -0.3 is 5.32 Å². The first-order chi connectivity index (χ1) is 8.50. The van der Waals surface area contributed by atoms with E-state index in [1.54, 1.807) is 19.4 Å². The normalized spacial score (nSPS) is 10.9. The van der Waals surface area contributed by atoms with Crippen LogP contribution >= 0.6 is 12.4 Å². The second-order valence-corrected chi connectivity index (χ2v) is 3.71. The van der Waals surface area contributed by atoms with Crippen molar-refractivity contribution in [2.45, 2.75) is 12.7 Å². The Bertz CT molecular complexity index is 539. The van der Waals surface area contributed by atoms with E-state index in [1.165, 1.54) is 16.9 Å². The first-order valence-corrected chi connectivity index (χ1v) is 5.21. The molecule has 2 aromatic rings. The molecule has 0 saturated heterocycles. The van der Waals surface area contributed by atoms with Crippen molar-refractivity contribution >= 4 is 18.1 Å². The first kappa shape index (κ1) is 15.3. The summed E-state index contributed by atoms with van der Waals surface area (Å²) in [5.41, 5.74) is 0.160. The van der Waals surface area contributed by atoms with Gasteiger partial charge in [-0.15, -0.1) is 12.4 Å². The molecule has 2 rings (SSSR count). The molecule has 0 saturated carbocycles. The van der Waals surface area contributed by atoms with E-state index in [-0.39, 0.29) is 24.5 Å². The highest BCUT2D eigenvalue weighted by Crippen LogP contribution is 2.31. The number of alkyl halides is 3. The third-order valence-corrected chi connectivity index (χ3v) is 2.47. The Hall–Kier alpha value is -1.76. The molecule has 8 heteroatoms. The van der Waals surface area contributed by atoms with Crippen molar-refractivity contribution in [3.63, 3.8) is 0 Å². The molecule has 0 bridgehead atoms. The Morgan fingerprint density at radius 3 is 2.63 bits per heavy atom. The first-order valence-electron chi connectivity index (χ1n) is 5.21. The zero-order valence-electron chi connectivity index (χ0n) is 9.98. The van der Waals surface area contributed by atoms with Gasteiger partial charge in [0, 0.05) is 25.6 Å². The van der Waals surface area contributed by atoms with Crippen LogP contribution in [-0.2, 0) is 12.7 Å². The van der Waals surface area contributed by atoms with Gasteiger partial charge in [0.05, 0.1) is 24.0 Å². The lowest BCUT2D eigenvalue weighted by Gasteiger charge is -2.11. The molecule has 0 atom stereocenters. The summed E-state index contributed by atoms with van der Waals surface area (Å²) < 4.78 is 39.7. The summed E-state index contributed by atoms with van der Waals surface area (Å²) in [6.45, 7) is 0.0546. The lowest BCUT2D eigenvalue weighted by atomic mass is 10.1. The van der Waals surface area contributed by atoms with Gasteiger partial charge in [0.15, 0.2) is 0 Å². The van der Waals surface area contributed by atoms with Crippen LogP contribution in [0.4, 0.5) is 18.9 Å². The fourth-order valence-corrected chi connectivity index (χ4v) is 1.57. The largest absolute Gasteiger partial charge is 0.418 e. The molecule has 1 N–H and O–H groups in total. The van der Waals surface area contributed by atoms with Gasteiger partial charge in [0.1, 0.15) is 0 Å². The van der Waals surface area contributed by atoms with E-state index in [2.05, 4.69) is 15.4 Å². The van der Waals surface area contributed by atoms with Crippen LogP contribution in [0.3, 0.4) is 0 Å². The number of hydrogen-bond donors (Lipinski definition) is 1. The lowest BCUT2D eigenvalue weighted by Crippen LogP contribution is -2.12. The number of anilines is 1. The van der Waals surface area contributed by atoms with Gasteiger partial charge in [-0.2, -0.15) is 18.3 Å². The summed E-state index contributed by atoms with van der Waals surface area (Å²) in [6.07, 6.45) is 0.961. The van der Waals surface area contributed by atoms with E-state index >= 15 is 0 Å². The monoisotopic (exact) mass is 292 g/mol. The molecule has 0 spiro atoms. The van der Waals surface area contributed by atoms with Crippen LogP contribution in [0.2, 0.25) is 0 Å². The van der Waals surface area contributed by atoms with Crippen LogP contribution in [0.15, 0.2) is 30.9 Å². The zero-order chi connectivity index (χ0) is 13.2. The maximum absolute atomic E-state index is 12.7. The molecule has 104 valence electrons. The maximum atomic E-state index is 12.7. The average Bonchev–Trinajstić information content (AvgIpc) is 2.76. The van der Waals surface area contributed by atoms with Crippen LogP contribution in [0, 0.1) is 0 Å². The molecule has 2 heterocycles. The Labute approximate surface area is 114 Å². The van der Waals surface area contributed by atoms with Crippen molar-refractivity contribution in [1.29, 1.82) is 0 Å². The highest BCUT2D eigenvalue weighted by molar-refractivity contribution is 5.85. The van der Waals surface area contributed by atoms with Crippen molar-refractivity contribution in [3.05, 3.63) is 42.0 Å². The number of rotatable bonds is 3. The lowest BCUT2D eigenvalue weighted by molar-refractivity contribution is -0.138. The molecule has 4 nitrogen and oxygen atoms in total. The molecule has 19 heavy (non-hydrogen) atoms.